The van der Waals surface area contributed by atoms with Gasteiger partial charge in [-0.2, -0.15) is 5.10 Å². The van der Waals surface area contributed by atoms with Crippen LogP contribution in [0.5, 0.6) is 0 Å². The molecule has 0 aromatic heterocycles. The number of nitrogens with zero attached hydrogens (tertiary/aromatic N) is 1. The van der Waals surface area contributed by atoms with Gasteiger partial charge < -0.3 is 0 Å². The number of amides is 1. The summed E-state index contributed by atoms with van der Waals surface area (Å²) < 4.78 is 1.01. The average Bonchev–Trinajstić information content (AvgIpc) is 2.51. The van der Waals surface area contributed by atoms with Gasteiger partial charge in [0.15, 0.2) is 0 Å². The average molecular weight is 367 g/mol. The molecule has 1 aromatic rings. The van der Waals surface area contributed by atoms with E-state index < -0.39 is 0 Å². The zero-order valence-corrected chi connectivity index (χ0v) is 15.3. The molecule has 0 heterocycles. The van der Waals surface area contributed by atoms with Crippen molar-refractivity contribution in [2.75, 3.05) is 0 Å². The first-order valence-electron chi connectivity index (χ1n) is 8.22. The molecule has 0 fully saturated rings. The number of carbonyl (C=O) groups excluding carboxylic acids is 1. The molecule has 1 aromatic carbocycles. The molecule has 122 valence electrons. The van der Waals surface area contributed by atoms with Gasteiger partial charge >= 0.3 is 0 Å². The second kappa shape index (κ2) is 11.4. The minimum absolute atomic E-state index is 0.00269. The fraction of sp³-hybridized carbons (Fsp3) is 0.556. The Bertz CT molecular complexity index is 486. The molecule has 0 saturated heterocycles. The molecule has 4 heteroatoms. The molecule has 0 aliphatic carbocycles. The van der Waals surface area contributed by atoms with Crippen LogP contribution in [-0.4, -0.2) is 11.6 Å². The lowest BCUT2D eigenvalue weighted by Gasteiger charge is -2.04. The molecule has 1 N–H and O–H groups in total. The number of halogens is 1. The predicted octanol–water partition coefficient (Wildman–Crippen LogP) is 5.43. The van der Waals surface area contributed by atoms with E-state index in [1.807, 2.05) is 31.2 Å². The number of hydrazone groups is 1. The van der Waals surface area contributed by atoms with Crippen molar-refractivity contribution < 1.29 is 4.79 Å². The molecule has 0 saturated carbocycles. The number of rotatable bonds is 10. The monoisotopic (exact) mass is 366 g/mol. The summed E-state index contributed by atoms with van der Waals surface area (Å²) in [5, 5.41) is 4.17. The van der Waals surface area contributed by atoms with E-state index in [-0.39, 0.29) is 5.91 Å². The fourth-order valence-electron chi connectivity index (χ4n) is 2.22. The molecule has 0 radical (unpaired) electrons. The summed E-state index contributed by atoms with van der Waals surface area (Å²) in [6.07, 6.45) is 9.07. The van der Waals surface area contributed by atoms with Crippen LogP contribution in [0, 0.1) is 0 Å². The molecular formula is C18H27BrN2O. The maximum absolute atomic E-state index is 11.8. The van der Waals surface area contributed by atoms with Gasteiger partial charge in [0.25, 0.3) is 0 Å². The largest absolute Gasteiger partial charge is 0.273 e. The third-order valence-electron chi connectivity index (χ3n) is 3.60. The molecule has 1 amide bonds. The molecule has 0 unspecified atom stereocenters. The Morgan fingerprint density at radius 3 is 2.50 bits per heavy atom. The summed E-state index contributed by atoms with van der Waals surface area (Å²) in [7, 11) is 0. The van der Waals surface area contributed by atoms with E-state index in [0.29, 0.717) is 6.42 Å². The Labute approximate surface area is 142 Å². The first kappa shape index (κ1) is 18.9. The number of hydrogen-bond acceptors (Lipinski definition) is 2. The summed E-state index contributed by atoms with van der Waals surface area (Å²) in [6, 6.07) is 7.89. The van der Waals surface area contributed by atoms with Gasteiger partial charge in [-0.15, -0.1) is 0 Å². The van der Waals surface area contributed by atoms with E-state index in [4.69, 9.17) is 0 Å². The predicted molar refractivity (Wildman–Crippen MR) is 97.1 cm³/mol. The van der Waals surface area contributed by atoms with Gasteiger partial charge in [0.1, 0.15) is 0 Å². The van der Waals surface area contributed by atoms with Gasteiger partial charge in [-0.05, 0) is 31.0 Å². The first-order valence-corrected chi connectivity index (χ1v) is 9.02. The number of benzene rings is 1. The standard InChI is InChI=1S/C18H27BrN2O/c1-3-4-5-6-7-8-9-13-18(22)21-20-15(2)16-11-10-12-17(19)14-16/h10-12,14H,3-9,13H2,1-2H3,(H,21,22). The van der Waals surface area contributed by atoms with Crippen LogP contribution in [0.25, 0.3) is 0 Å². The third-order valence-corrected chi connectivity index (χ3v) is 4.09. The van der Waals surface area contributed by atoms with Gasteiger partial charge in [0.2, 0.25) is 5.91 Å². The molecule has 0 aliphatic heterocycles. The minimum Gasteiger partial charge on any atom is -0.273 e. The molecule has 0 atom stereocenters. The van der Waals surface area contributed by atoms with Crippen LogP contribution in [0.4, 0.5) is 0 Å². The number of nitrogens with one attached hydrogen (secondary N) is 1. The summed E-state index contributed by atoms with van der Waals surface area (Å²) in [5.74, 6) is 0.00269. The molecular weight excluding hydrogens is 340 g/mol. The Balaban J connectivity index is 2.21. The van der Waals surface area contributed by atoms with Crippen molar-refractivity contribution in [3.8, 4) is 0 Å². The van der Waals surface area contributed by atoms with Crippen molar-refractivity contribution in [3.05, 3.63) is 34.3 Å². The van der Waals surface area contributed by atoms with Crippen LogP contribution in [0.15, 0.2) is 33.8 Å². The lowest BCUT2D eigenvalue weighted by molar-refractivity contribution is -0.121. The topological polar surface area (TPSA) is 41.5 Å². The number of unbranched alkanes of at least 4 members (excludes halogenated alkanes) is 6. The molecule has 0 spiro atoms. The van der Waals surface area contributed by atoms with Gasteiger partial charge in [-0.25, -0.2) is 5.43 Å². The van der Waals surface area contributed by atoms with Crippen molar-refractivity contribution in [1.82, 2.24) is 5.43 Å². The second-order valence-corrected chi connectivity index (χ2v) is 6.53. The molecule has 3 nitrogen and oxygen atoms in total. The summed E-state index contributed by atoms with van der Waals surface area (Å²) in [5.41, 5.74) is 4.46. The van der Waals surface area contributed by atoms with Crippen LogP contribution in [0.3, 0.4) is 0 Å². The lowest BCUT2D eigenvalue weighted by atomic mass is 10.1. The van der Waals surface area contributed by atoms with Crippen molar-refractivity contribution in [3.63, 3.8) is 0 Å². The molecule has 22 heavy (non-hydrogen) atoms. The highest BCUT2D eigenvalue weighted by Gasteiger charge is 2.02. The van der Waals surface area contributed by atoms with Gasteiger partial charge in [0.05, 0.1) is 5.71 Å². The Kier molecular flexibility index (Phi) is 9.80. The lowest BCUT2D eigenvalue weighted by Crippen LogP contribution is -2.18. The highest BCUT2D eigenvalue weighted by molar-refractivity contribution is 9.10. The maximum Gasteiger partial charge on any atom is 0.240 e. The molecule has 0 aliphatic rings. The molecule has 0 bridgehead atoms. The van der Waals surface area contributed by atoms with Crippen LogP contribution in [0.2, 0.25) is 0 Å². The highest BCUT2D eigenvalue weighted by Crippen LogP contribution is 2.12. The normalized spacial score (nSPS) is 11.5. The number of hydrogen-bond donors (Lipinski definition) is 1. The fourth-order valence-corrected chi connectivity index (χ4v) is 2.62. The van der Waals surface area contributed by atoms with Gasteiger partial charge in [-0.3, -0.25) is 4.79 Å². The third kappa shape index (κ3) is 8.32. The van der Waals surface area contributed by atoms with Crippen molar-refractivity contribution >= 4 is 27.5 Å². The first-order chi connectivity index (χ1) is 10.6. The van der Waals surface area contributed by atoms with E-state index in [1.54, 1.807) is 0 Å². The van der Waals surface area contributed by atoms with Crippen molar-refractivity contribution in [1.29, 1.82) is 0 Å². The second-order valence-electron chi connectivity index (χ2n) is 5.61. The summed E-state index contributed by atoms with van der Waals surface area (Å²) in [4.78, 5) is 11.8. The summed E-state index contributed by atoms with van der Waals surface area (Å²) >= 11 is 3.43. The SMILES string of the molecule is CCCCCCCCCC(=O)NN=C(C)c1cccc(Br)c1. The van der Waals surface area contributed by atoms with Crippen LogP contribution in [0.1, 0.15) is 70.8 Å². The number of carbonyl (C=O) groups is 1. The van der Waals surface area contributed by atoms with E-state index in [1.165, 1.54) is 32.1 Å². The van der Waals surface area contributed by atoms with Gasteiger partial charge in [-0.1, -0.05) is 73.5 Å². The van der Waals surface area contributed by atoms with Crippen LogP contribution >= 0.6 is 15.9 Å². The van der Waals surface area contributed by atoms with E-state index in [9.17, 15) is 4.79 Å². The van der Waals surface area contributed by atoms with Crippen LogP contribution < -0.4 is 5.43 Å². The van der Waals surface area contributed by atoms with E-state index >= 15 is 0 Å². The van der Waals surface area contributed by atoms with Crippen LogP contribution in [-0.2, 0) is 4.79 Å². The van der Waals surface area contributed by atoms with E-state index in [2.05, 4.69) is 33.4 Å². The summed E-state index contributed by atoms with van der Waals surface area (Å²) in [6.45, 7) is 4.12. The highest BCUT2D eigenvalue weighted by atomic mass is 79.9. The zero-order chi connectivity index (χ0) is 16.2. The van der Waals surface area contributed by atoms with Crippen molar-refractivity contribution in [2.24, 2.45) is 5.10 Å². The maximum atomic E-state index is 11.8. The quantitative estimate of drug-likeness (QED) is 0.334. The Hall–Kier alpha value is -1.16. The van der Waals surface area contributed by atoms with Crippen molar-refractivity contribution in [2.45, 2.75) is 65.2 Å². The zero-order valence-electron chi connectivity index (χ0n) is 13.7. The Morgan fingerprint density at radius 1 is 1.14 bits per heavy atom. The smallest absolute Gasteiger partial charge is 0.240 e. The van der Waals surface area contributed by atoms with Gasteiger partial charge in [0, 0.05) is 10.9 Å². The van der Waals surface area contributed by atoms with E-state index in [0.717, 1.165) is 28.6 Å². The minimum atomic E-state index is 0.00269. The molecule has 1 rings (SSSR count). The Morgan fingerprint density at radius 2 is 1.82 bits per heavy atom.